The maximum atomic E-state index is 12.2. The van der Waals surface area contributed by atoms with Crippen LogP contribution >= 0.6 is 15.9 Å². The Morgan fingerprint density at radius 3 is 2.95 bits per heavy atom. The lowest BCUT2D eigenvalue weighted by Crippen LogP contribution is -2.22. The molecular weight excluding hydrogens is 330 g/mol. The van der Waals surface area contributed by atoms with Crippen LogP contribution < -0.4 is 11.3 Å². The second-order valence-electron chi connectivity index (χ2n) is 4.99. The van der Waals surface area contributed by atoms with Crippen LogP contribution in [0.2, 0.25) is 0 Å². The van der Waals surface area contributed by atoms with E-state index < -0.39 is 0 Å². The van der Waals surface area contributed by atoms with Crippen molar-refractivity contribution < 1.29 is 0 Å². The van der Waals surface area contributed by atoms with E-state index in [4.69, 9.17) is 5.73 Å². The van der Waals surface area contributed by atoms with E-state index in [1.54, 1.807) is 17.0 Å². The monoisotopic (exact) mass is 343 g/mol. The van der Waals surface area contributed by atoms with Gasteiger partial charge in [0.25, 0.3) is 5.56 Å². The lowest BCUT2D eigenvalue weighted by Gasteiger charge is -2.11. The predicted octanol–water partition coefficient (Wildman–Crippen LogP) is 3.10. The molecule has 0 aliphatic heterocycles. The molecule has 2 N–H and O–H groups in total. The van der Waals surface area contributed by atoms with Gasteiger partial charge in [0.1, 0.15) is 0 Å². The van der Waals surface area contributed by atoms with Crippen molar-refractivity contribution in [3.8, 4) is 0 Å². The molecule has 2 aromatic heterocycles. The summed E-state index contributed by atoms with van der Waals surface area (Å²) in [4.78, 5) is 16.6. The Balaban J connectivity index is 2.15. The number of aromatic nitrogens is 2. The summed E-state index contributed by atoms with van der Waals surface area (Å²) in [5.74, 6) is 0. The molecule has 0 saturated carbocycles. The van der Waals surface area contributed by atoms with Crippen molar-refractivity contribution in [2.45, 2.75) is 13.5 Å². The number of nitrogens with zero attached hydrogens (tertiary/aromatic N) is 2. The molecule has 0 fully saturated rings. The number of fused-ring (bicyclic) bond motifs is 1. The number of nitrogen functional groups attached to an aromatic ring is 1. The van der Waals surface area contributed by atoms with Gasteiger partial charge in [0.15, 0.2) is 0 Å². The van der Waals surface area contributed by atoms with Gasteiger partial charge in [-0.15, -0.1) is 0 Å². The third-order valence-electron chi connectivity index (χ3n) is 3.46. The lowest BCUT2D eigenvalue weighted by atomic mass is 10.1. The molecule has 5 heteroatoms. The molecule has 2 heterocycles. The minimum Gasteiger partial charge on any atom is -0.398 e. The van der Waals surface area contributed by atoms with Crippen molar-refractivity contribution in [2.75, 3.05) is 5.73 Å². The van der Waals surface area contributed by atoms with Crippen LogP contribution in [0.25, 0.3) is 10.9 Å². The molecule has 1 aromatic carbocycles. The Bertz CT molecular complexity index is 886. The standard InChI is InChI=1S/C16H14BrN3O/c1-10-7-12(17)9-20(16(10)21)8-11-4-5-14(18)13-3-2-6-19-15(11)13/h2-7,9H,8,18H2,1H3. The summed E-state index contributed by atoms with van der Waals surface area (Å²) in [6, 6.07) is 9.40. The summed E-state index contributed by atoms with van der Waals surface area (Å²) in [5.41, 5.74) is 9.19. The zero-order valence-electron chi connectivity index (χ0n) is 11.5. The van der Waals surface area contributed by atoms with Gasteiger partial charge in [0, 0.05) is 33.5 Å². The zero-order chi connectivity index (χ0) is 15.0. The van der Waals surface area contributed by atoms with E-state index in [2.05, 4.69) is 20.9 Å². The van der Waals surface area contributed by atoms with Crippen LogP contribution in [-0.4, -0.2) is 9.55 Å². The number of hydrogen-bond donors (Lipinski definition) is 1. The molecule has 0 unspecified atom stereocenters. The van der Waals surface area contributed by atoms with E-state index >= 15 is 0 Å². The third kappa shape index (κ3) is 2.56. The van der Waals surface area contributed by atoms with Crippen molar-refractivity contribution in [1.29, 1.82) is 0 Å². The molecule has 21 heavy (non-hydrogen) atoms. The van der Waals surface area contributed by atoms with Crippen molar-refractivity contribution in [3.05, 3.63) is 68.7 Å². The number of hydrogen-bond acceptors (Lipinski definition) is 3. The Hall–Kier alpha value is -2.14. The average Bonchev–Trinajstić information content (AvgIpc) is 2.47. The van der Waals surface area contributed by atoms with E-state index in [1.165, 1.54) is 0 Å². The highest BCUT2D eigenvalue weighted by Gasteiger charge is 2.08. The molecule has 0 saturated heterocycles. The fourth-order valence-electron chi connectivity index (χ4n) is 2.42. The van der Waals surface area contributed by atoms with Crippen LogP contribution in [0.1, 0.15) is 11.1 Å². The smallest absolute Gasteiger partial charge is 0.253 e. The molecule has 4 nitrogen and oxygen atoms in total. The fraction of sp³-hybridized carbons (Fsp3) is 0.125. The quantitative estimate of drug-likeness (QED) is 0.727. The highest BCUT2D eigenvalue weighted by molar-refractivity contribution is 9.10. The van der Waals surface area contributed by atoms with Crippen LogP contribution in [0.3, 0.4) is 0 Å². The first-order chi connectivity index (χ1) is 10.1. The second kappa shape index (κ2) is 5.33. The molecule has 3 rings (SSSR count). The number of halogens is 1. The molecule has 0 aliphatic rings. The fourth-order valence-corrected chi connectivity index (χ4v) is 3.01. The maximum absolute atomic E-state index is 12.2. The SMILES string of the molecule is Cc1cc(Br)cn(Cc2ccc(N)c3cccnc23)c1=O. The van der Waals surface area contributed by atoms with Gasteiger partial charge in [0.05, 0.1) is 12.1 Å². The Morgan fingerprint density at radius 2 is 2.14 bits per heavy atom. The minimum atomic E-state index is -0.000828. The summed E-state index contributed by atoms with van der Waals surface area (Å²) >= 11 is 3.43. The molecule has 0 atom stereocenters. The van der Waals surface area contributed by atoms with Crippen LogP contribution in [0.15, 0.2) is 52.0 Å². The summed E-state index contributed by atoms with van der Waals surface area (Å²) in [5, 5.41) is 0.912. The van der Waals surface area contributed by atoms with Crippen LogP contribution in [-0.2, 0) is 6.54 Å². The van der Waals surface area contributed by atoms with E-state index in [9.17, 15) is 4.79 Å². The van der Waals surface area contributed by atoms with E-state index in [-0.39, 0.29) is 5.56 Å². The predicted molar refractivity (Wildman–Crippen MR) is 88.4 cm³/mol. The largest absolute Gasteiger partial charge is 0.398 e. The van der Waals surface area contributed by atoms with Crippen LogP contribution in [0.4, 0.5) is 5.69 Å². The first kappa shape index (κ1) is 13.8. The third-order valence-corrected chi connectivity index (χ3v) is 3.89. The average molecular weight is 344 g/mol. The van der Waals surface area contributed by atoms with Gasteiger partial charge in [-0.1, -0.05) is 6.07 Å². The summed E-state index contributed by atoms with van der Waals surface area (Å²) < 4.78 is 2.56. The molecule has 0 aliphatic carbocycles. The molecule has 0 radical (unpaired) electrons. The van der Waals surface area contributed by atoms with Gasteiger partial charge in [-0.05, 0) is 52.7 Å². The highest BCUT2D eigenvalue weighted by atomic mass is 79.9. The highest BCUT2D eigenvalue weighted by Crippen LogP contribution is 2.23. The first-order valence-corrected chi connectivity index (χ1v) is 7.34. The van der Waals surface area contributed by atoms with Gasteiger partial charge in [0.2, 0.25) is 0 Å². The number of benzene rings is 1. The first-order valence-electron chi connectivity index (χ1n) is 6.55. The van der Waals surface area contributed by atoms with E-state index in [0.29, 0.717) is 17.8 Å². The van der Waals surface area contributed by atoms with Gasteiger partial charge in [-0.3, -0.25) is 9.78 Å². The molecule has 0 bridgehead atoms. The topological polar surface area (TPSA) is 60.9 Å². The zero-order valence-corrected chi connectivity index (χ0v) is 13.1. The van der Waals surface area contributed by atoms with Crippen molar-refractivity contribution in [2.24, 2.45) is 0 Å². The normalized spacial score (nSPS) is 11.0. The van der Waals surface area contributed by atoms with Crippen LogP contribution in [0.5, 0.6) is 0 Å². The molecular formula is C16H14BrN3O. The number of nitrogens with two attached hydrogens (primary N) is 1. The second-order valence-corrected chi connectivity index (χ2v) is 5.90. The molecule has 0 amide bonds. The van der Waals surface area contributed by atoms with Gasteiger partial charge in [-0.25, -0.2) is 0 Å². The van der Waals surface area contributed by atoms with Crippen molar-refractivity contribution >= 4 is 32.5 Å². The summed E-state index contributed by atoms with van der Waals surface area (Å²) in [6.45, 7) is 2.27. The van der Waals surface area contributed by atoms with Crippen LogP contribution in [0, 0.1) is 6.92 Å². The molecule has 106 valence electrons. The van der Waals surface area contributed by atoms with Crippen molar-refractivity contribution in [1.82, 2.24) is 9.55 Å². The minimum absolute atomic E-state index is 0.000828. The van der Waals surface area contributed by atoms with E-state index in [1.807, 2.05) is 37.3 Å². The number of rotatable bonds is 2. The Labute approximate surface area is 130 Å². The Kier molecular flexibility index (Phi) is 3.51. The Morgan fingerprint density at radius 1 is 1.33 bits per heavy atom. The summed E-state index contributed by atoms with van der Waals surface area (Å²) in [6.07, 6.45) is 3.53. The van der Waals surface area contributed by atoms with E-state index in [0.717, 1.165) is 20.9 Å². The number of pyridine rings is 2. The molecule has 0 spiro atoms. The van der Waals surface area contributed by atoms with Crippen molar-refractivity contribution in [3.63, 3.8) is 0 Å². The summed E-state index contributed by atoms with van der Waals surface area (Å²) in [7, 11) is 0. The number of anilines is 1. The lowest BCUT2D eigenvalue weighted by molar-refractivity contribution is 0.752. The number of aryl methyl sites for hydroxylation is 1. The van der Waals surface area contributed by atoms with Gasteiger partial charge in [-0.2, -0.15) is 0 Å². The maximum Gasteiger partial charge on any atom is 0.253 e. The van der Waals surface area contributed by atoms with Gasteiger partial charge < -0.3 is 10.3 Å². The molecule has 3 aromatic rings. The van der Waals surface area contributed by atoms with Gasteiger partial charge >= 0.3 is 0 Å².